The Bertz CT molecular complexity index is 1790. The minimum atomic E-state index is -1.07. The third-order valence-electron chi connectivity index (χ3n) is 6.79. The number of carboxylic acid groups (broad SMARTS) is 1. The highest BCUT2D eigenvalue weighted by Gasteiger charge is 2.22. The highest BCUT2D eigenvalue weighted by molar-refractivity contribution is 5.85. The lowest BCUT2D eigenvalue weighted by molar-refractivity contribution is -0.144. The average molecular weight is 534 g/mol. The zero-order valence-electron chi connectivity index (χ0n) is 21.9. The van der Waals surface area contributed by atoms with Gasteiger partial charge in [-0.15, -0.1) is 0 Å². The van der Waals surface area contributed by atoms with E-state index in [-0.39, 0.29) is 6.42 Å². The normalized spacial score (nSPS) is 12.1. The van der Waals surface area contributed by atoms with Crippen molar-refractivity contribution in [3.8, 4) is 17.2 Å². The number of hydrogen-bond donors (Lipinski definition) is 1. The molecule has 0 fully saturated rings. The number of fused-ring (bicyclic) bond motifs is 2. The van der Waals surface area contributed by atoms with Gasteiger partial charge in [-0.3, -0.25) is 4.98 Å². The third kappa shape index (κ3) is 5.42. The van der Waals surface area contributed by atoms with Crippen molar-refractivity contribution in [2.24, 2.45) is 0 Å². The number of benzene rings is 3. The van der Waals surface area contributed by atoms with Gasteiger partial charge in [-0.2, -0.15) is 0 Å². The maximum absolute atomic E-state index is 12.1. The van der Waals surface area contributed by atoms with Gasteiger partial charge in [-0.25, -0.2) is 14.8 Å². The average Bonchev–Trinajstić information content (AvgIpc) is 3.55. The molecule has 0 aliphatic carbocycles. The highest BCUT2D eigenvalue weighted by atomic mass is 16.5. The first-order valence-corrected chi connectivity index (χ1v) is 13.2. The zero-order chi connectivity index (χ0) is 27.5. The summed E-state index contributed by atoms with van der Waals surface area (Å²) in [5, 5.41) is 10.6. The maximum atomic E-state index is 12.1. The Labute approximate surface area is 230 Å². The summed E-state index contributed by atoms with van der Waals surface area (Å²) >= 11 is 0. The van der Waals surface area contributed by atoms with E-state index < -0.39 is 12.1 Å². The lowest BCUT2D eigenvalue weighted by atomic mass is 10.1. The van der Waals surface area contributed by atoms with E-state index >= 15 is 0 Å². The Kier molecular flexibility index (Phi) is 6.97. The number of nitrogens with zero attached hydrogens (tertiary/aromatic N) is 3. The van der Waals surface area contributed by atoms with Crippen LogP contribution in [0.2, 0.25) is 0 Å². The molecule has 0 saturated carbocycles. The third-order valence-corrected chi connectivity index (χ3v) is 6.79. The topological polar surface area (TPSA) is 111 Å². The van der Waals surface area contributed by atoms with Crippen LogP contribution in [0.5, 0.6) is 5.75 Å². The monoisotopic (exact) mass is 533 g/mol. The molecular formula is C32H27N3O5. The number of aromatic nitrogens is 3. The van der Waals surface area contributed by atoms with E-state index in [0.29, 0.717) is 35.1 Å². The van der Waals surface area contributed by atoms with Crippen molar-refractivity contribution >= 4 is 28.0 Å². The van der Waals surface area contributed by atoms with Crippen molar-refractivity contribution in [3.05, 3.63) is 108 Å². The molecule has 40 heavy (non-hydrogen) atoms. The van der Waals surface area contributed by atoms with E-state index in [9.17, 15) is 9.90 Å². The van der Waals surface area contributed by atoms with Gasteiger partial charge >= 0.3 is 5.97 Å². The number of aryl methyl sites for hydroxylation is 3. The van der Waals surface area contributed by atoms with Crippen LogP contribution in [0.25, 0.3) is 33.5 Å². The minimum absolute atomic E-state index is 0.180. The first kappa shape index (κ1) is 25.3. The van der Waals surface area contributed by atoms with Crippen molar-refractivity contribution in [2.75, 3.05) is 0 Å². The van der Waals surface area contributed by atoms with Gasteiger partial charge in [0.15, 0.2) is 17.6 Å². The van der Waals surface area contributed by atoms with E-state index in [1.807, 2.05) is 67.6 Å². The molecule has 0 amide bonds. The van der Waals surface area contributed by atoms with E-state index in [1.54, 1.807) is 24.4 Å². The van der Waals surface area contributed by atoms with Gasteiger partial charge in [-0.05, 0) is 73.9 Å². The van der Waals surface area contributed by atoms with Crippen molar-refractivity contribution < 1.29 is 23.5 Å². The second-order valence-corrected chi connectivity index (χ2v) is 9.63. The maximum Gasteiger partial charge on any atom is 0.345 e. The van der Waals surface area contributed by atoms with Crippen molar-refractivity contribution in [1.29, 1.82) is 0 Å². The SMILES string of the molecule is Cc1oc(-c2ccccc2)nc1CCCc1nc2cc(C[C@H](Oc3cccc4ncccc34)C(=O)O)ccc2o1. The molecule has 0 aliphatic rings. The van der Waals surface area contributed by atoms with Gasteiger partial charge in [0.25, 0.3) is 0 Å². The molecule has 0 bridgehead atoms. The second-order valence-electron chi connectivity index (χ2n) is 9.63. The van der Waals surface area contributed by atoms with Crippen LogP contribution in [0.3, 0.4) is 0 Å². The van der Waals surface area contributed by atoms with Crippen molar-refractivity contribution in [3.63, 3.8) is 0 Å². The number of oxazole rings is 2. The van der Waals surface area contributed by atoms with Crippen LogP contribution in [-0.4, -0.2) is 32.1 Å². The molecule has 6 aromatic rings. The summed E-state index contributed by atoms with van der Waals surface area (Å²) in [7, 11) is 0. The van der Waals surface area contributed by atoms with E-state index in [2.05, 4.69) is 15.0 Å². The molecule has 0 unspecified atom stereocenters. The minimum Gasteiger partial charge on any atom is -0.478 e. The number of carbonyl (C=O) groups is 1. The lowest BCUT2D eigenvalue weighted by Crippen LogP contribution is -2.29. The van der Waals surface area contributed by atoms with Gasteiger partial charge in [0, 0.05) is 30.0 Å². The second kappa shape index (κ2) is 11.0. The van der Waals surface area contributed by atoms with E-state index in [1.165, 1.54) is 0 Å². The Hall–Kier alpha value is -4.98. The molecule has 1 N–H and O–H groups in total. The zero-order valence-corrected chi connectivity index (χ0v) is 21.9. The van der Waals surface area contributed by atoms with E-state index in [4.69, 9.17) is 13.6 Å². The fourth-order valence-corrected chi connectivity index (χ4v) is 4.75. The fourth-order valence-electron chi connectivity index (χ4n) is 4.75. The summed E-state index contributed by atoms with van der Waals surface area (Å²) < 4.78 is 17.8. The van der Waals surface area contributed by atoms with Gasteiger partial charge in [-0.1, -0.05) is 30.3 Å². The molecule has 0 aliphatic heterocycles. The van der Waals surface area contributed by atoms with E-state index in [0.717, 1.165) is 46.3 Å². The molecule has 0 saturated heterocycles. The molecule has 1 atom stereocenters. The molecule has 3 aromatic carbocycles. The number of carboxylic acids is 1. The summed E-state index contributed by atoms with van der Waals surface area (Å²) in [4.78, 5) is 25.7. The van der Waals surface area contributed by atoms with Gasteiger partial charge in [0.2, 0.25) is 5.89 Å². The molecule has 200 valence electrons. The number of hydrogen-bond acceptors (Lipinski definition) is 7. The number of ether oxygens (including phenoxy) is 1. The smallest absolute Gasteiger partial charge is 0.345 e. The largest absolute Gasteiger partial charge is 0.478 e. The number of rotatable bonds is 10. The summed E-state index contributed by atoms with van der Waals surface area (Å²) in [6, 6.07) is 24.5. The molecule has 8 heteroatoms. The molecule has 3 aromatic heterocycles. The predicted octanol–water partition coefficient (Wildman–Crippen LogP) is 6.59. The first-order valence-electron chi connectivity index (χ1n) is 13.2. The Morgan fingerprint density at radius 1 is 0.925 bits per heavy atom. The first-order chi connectivity index (χ1) is 19.5. The molecular weight excluding hydrogens is 506 g/mol. The summed E-state index contributed by atoms with van der Waals surface area (Å²) in [5.74, 6) is 1.52. The van der Waals surface area contributed by atoms with Gasteiger partial charge < -0.3 is 18.7 Å². The molecule has 0 spiro atoms. The summed E-state index contributed by atoms with van der Waals surface area (Å²) in [5.41, 5.74) is 4.78. The number of pyridine rings is 1. The van der Waals surface area contributed by atoms with Crippen LogP contribution in [0.15, 0.2) is 93.9 Å². The van der Waals surface area contributed by atoms with Crippen LogP contribution < -0.4 is 4.74 Å². The Morgan fingerprint density at radius 3 is 2.65 bits per heavy atom. The van der Waals surface area contributed by atoms with Crippen molar-refractivity contribution in [2.45, 2.75) is 38.7 Å². The lowest BCUT2D eigenvalue weighted by Gasteiger charge is -2.16. The van der Waals surface area contributed by atoms with Gasteiger partial charge in [0.05, 0.1) is 11.2 Å². The van der Waals surface area contributed by atoms with Crippen LogP contribution >= 0.6 is 0 Å². The summed E-state index contributed by atoms with van der Waals surface area (Å²) in [6.07, 6.45) is 3.00. The standard InChI is InChI=1S/C32H27N3O5/c1-20-24(35-31(38-20)22-8-3-2-4-9-22)11-6-14-30-34-26-18-21(15-16-28(26)40-30)19-29(32(36)37)39-27-13-5-12-25-23(27)10-7-17-33-25/h2-5,7-10,12-13,15-18,29H,6,11,14,19H2,1H3,(H,36,37)/t29-/m0/s1. The molecule has 0 radical (unpaired) electrons. The quantitative estimate of drug-likeness (QED) is 0.210. The highest BCUT2D eigenvalue weighted by Crippen LogP contribution is 2.27. The van der Waals surface area contributed by atoms with Crippen LogP contribution in [0.4, 0.5) is 0 Å². The molecule has 8 nitrogen and oxygen atoms in total. The molecule has 3 heterocycles. The Morgan fingerprint density at radius 2 is 1.80 bits per heavy atom. The van der Waals surface area contributed by atoms with Gasteiger partial charge in [0.1, 0.15) is 17.0 Å². The fraction of sp³-hybridized carbons (Fsp3) is 0.188. The van der Waals surface area contributed by atoms with Crippen LogP contribution in [0, 0.1) is 6.92 Å². The van der Waals surface area contributed by atoms with Crippen LogP contribution in [0.1, 0.15) is 29.3 Å². The Balaban J connectivity index is 1.12. The summed E-state index contributed by atoms with van der Waals surface area (Å²) in [6.45, 7) is 1.93. The molecule has 6 rings (SSSR count). The predicted molar refractivity (Wildman–Crippen MR) is 150 cm³/mol. The van der Waals surface area contributed by atoms with Crippen molar-refractivity contribution in [1.82, 2.24) is 15.0 Å². The van der Waals surface area contributed by atoms with Crippen LogP contribution in [-0.2, 0) is 24.1 Å². The number of aliphatic carboxylic acids is 1.